The van der Waals surface area contributed by atoms with Gasteiger partial charge < -0.3 is 9.72 Å². The van der Waals surface area contributed by atoms with E-state index in [1.807, 2.05) is 50.2 Å². The lowest BCUT2D eigenvalue weighted by Crippen LogP contribution is -2.05. The van der Waals surface area contributed by atoms with E-state index in [-0.39, 0.29) is 5.97 Å². The summed E-state index contributed by atoms with van der Waals surface area (Å²) in [5, 5.41) is 0. The van der Waals surface area contributed by atoms with Crippen LogP contribution in [0.3, 0.4) is 0 Å². The number of nitrogens with one attached hydrogen (secondary N) is 1. The van der Waals surface area contributed by atoms with E-state index in [1.165, 1.54) is 0 Å². The van der Waals surface area contributed by atoms with Crippen molar-refractivity contribution >= 4 is 5.97 Å². The van der Waals surface area contributed by atoms with Crippen molar-refractivity contribution in [2.24, 2.45) is 0 Å². The highest BCUT2D eigenvalue weighted by Gasteiger charge is 2.12. The van der Waals surface area contributed by atoms with Crippen LogP contribution in [0.25, 0.3) is 0 Å². The van der Waals surface area contributed by atoms with Gasteiger partial charge in [-0.2, -0.15) is 0 Å². The molecular weight excluding hydrogens is 214 g/mol. The van der Waals surface area contributed by atoms with Crippen LogP contribution in [0.1, 0.15) is 27.3 Å². The molecule has 0 atom stereocenters. The first kappa shape index (κ1) is 11.5. The molecule has 0 aliphatic heterocycles. The Hall–Kier alpha value is -2.03. The second-order valence-electron chi connectivity index (χ2n) is 4.05. The maximum absolute atomic E-state index is 11.8. The Balaban J connectivity index is 2.01. The smallest absolute Gasteiger partial charge is 0.340 e. The first-order chi connectivity index (χ1) is 8.16. The minimum absolute atomic E-state index is 0.282. The summed E-state index contributed by atoms with van der Waals surface area (Å²) in [6.07, 6.45) is 0. The minimum Gasteiger partial charge on any atom is -0.457 e. The molecule has 0 saturated carbocycles. The Kier molecular flexibility index (Phi) is 3.28. The molecule has 0 spiro atoms. The summed E-state index contributed by atoms with van der Waals surface area (Å²) in [5.74, 6) is -0.282. The predicted molar refractivity (Wildman–Crippen MR) is 65.8 cm³/mol. The lowest BCUT2D eigenvalue weighted by molar-refractivity contribution is 0.0472. The predicted octanol–water partition coefficient (Wildman–Crippen LogP) is 2.99. The molecule has 1 heterocycles. The lowest BCUT2D eigenvalue weighted by Gasteiger charge is -2.04. The molecule has 0 bridgehead atoms. The molecule has 3 heteroatoms. The summed E-state index contributed by atoms with van der Waals surface area (Å²) < 4.78 is 5.25. The second kappa shape index (κ2) is 4.87. The van der Waals surface area contributed by atoms with E-state index in [0.29, 0.717) is 12.2 Å². The topological polar surface area (TPSA) is 42.1 Å². The van der Waals surface area contributed by atoms with Gasteiger partial charge in [-0.15, -0.1) is 0 Å². The van der Waals surface area contributed by atoms with Crippen LogP contribution < -0.4 is 0 Å². The summed E-state index contributed by atoms with van der Waals surface area (Å²) in [6, 6.07) is 11.5. The molecule has 1 N–H and O–H groups in total. The molecular formula is C14H15NO2. The largest absolute Gasteiger partial charge is 0.457 e. The first-order valence-electron chi connectivity index (χ1n) is 5.54. The summed E-state index contributed by atoms with van der Waals surface area (Å²) in [7, 11) is 0. The van der Waals surface area contributed by atoms with Gasteiger partial charge in [0.15, 0.2) is 0 Å². The van der Waals surface area contributed by atoms with E-state index in [2.05, 4.69) is 4.98 Å². The number of H-pyrrole nitrogens is 1. The summed E-state index contributed by atoms with van der Waals surface area (Å²) >= 11 is 0. The molecule has 17 heavy (non-hydrogen) atoms. The molecule has 0 radical (unpaired) electrons. The average molecular weight is 229 g/mol. The van der Waals surface area contributed by atoms with Crippen molar-refractivity contribution in [3.8, 4) is 0 Å². The van der Waals surface area contributed by atoms with Gasteiger partial charge in [-0.25, -0.2) is 4.79 Å². The second-order valence-corrected chi connectivity index (χ2v) is 4.05. The van der Waals surface area contributed by atoms with Crippen molar-refractivity contribution < 1.29 is 9.53 Å². The van der Waals surface area contributed by atoms with E-state index in [1.54, 1.807) is 0 Å². The van der Waals surface area contributed by atoms with Crippen LogP contribution >= 0.6 is 0 Å². The monoisotopic (exact) mass is 229 g/mol. The molecule has 3 nitrogen and oxygen atoms in total. The zero-order chi connectivity index (χ0) is 12.3. The molecule has 0 amide bonds. The lowest BCUT2D eigenvalue weighted by atomic mass is 10.2. The molecule has 2 rings (SSSR count). The van der Waals surface area contributed by atoms with Crippen molar-refractivity contribution in [1.82, 2.24) is 4.98 Å². The number of aromatic nitrogens is 1. The quantitative estimate of drug-likeness (QED) is 0.822. The van der Waals surface area contributed by atoms with Crippen LogP contribution in [0.4, 0.5) is 0 Å². The van der Waals surface area contributed by atoms with Gasteiger partial charge in [0.1, 0.15) is 6.61 Å². The average Bonchev–Trinajstić information content (AvgIpc) is 2.67. The van der Waals surface area contributed by atoms with Crippen molar-refractivity contribution in [3.63, 3.8) is 0 Å². The number of carbonyl (C=O) groups is 1. The van der Waals surface area contributed by atoms with Crippen molar-refractivity contribution in [2.75, 3.05) is 0 Å². The highest BCUT2D eigenvalue weighted by molar-refractivity contribution is 5.90. The highest BCUT2D eigenvalue weighted by Crippen LogP contribution is 2.12. The Morgan fingerprint density at radius 2 is 1.94 bits per heavy atom. The molecule has 0 unspecified atom stereocenters. The molecule has 0 aliphatic carbocycles. The molecule has 0 saturated heterocycles. The number of esters is 1. The number of rotatable bonds is 3. The van der Waals surface area contributed by atoms with Gasteiger partial charge in [-0.3, -0.25) is 0 Å². The Labute approximate surface area is 100 Å². The van der Waals surface area contributed by atoms with Crippen LogP contribution in [0, 0.1) is 13.8 Å². The molecule has 2 aromatic rings. The number of benzene rings is 1. The van der Waals surface area contributed by atoms with Gasteiger partial charge in [0.05, 0.1) is 5.56 Å². The van der Waals surface area contributed by atoms with Crippen LogP contribution in [0.15, 0.2) is 36.4 Å². The summed E-state index contributed by atoms with van der Waals surface area (Å²) in [4.78, 5) is 14.9. The summed E-state index contributed by atoms with van der Waals surface area (Å²) in [5.41, 5.74) is 3.42. The van der Waals surface area contributed by atoms with Gasteiger partial charge >= 0.3 is 5.97 Å². The zero-order valence-corrected chi connectivity index (χ0v) is 9.99. The standard InChI is InChI=1S/C14H15NO2/c1-10-8-13(11(2)15-10)14(16)17-9-12-6-4-3-5-7-12/h3-8,15H,9H2,1-2H3. The van der Waals surface area contributed by atoms with Gasteiger partial charge in [0.25, 0.3) is 0 Å². The molecule has 88 valence electrons. The summed E-state index contributed by atoms with van der Waals surface area (Å²) in [6.45, 7) is 4.09. The van der Waals surface area contributed by atoms with E-state index in [0.717, 1.165) is 17.0 Å². The normalized spacial score (nSPS) is 10.2. The maximum Gasteiger partial charge on any atom is 0.340 e. The number of ether oxygens (including phenoxy) is 1. The number of hydrogen-bond donors (Lipinski definition) is 1. The van der Waals surface area contributed by atoms with Crippen molar-refractivity contribution in [1.29, 1.82) is 0 Å². The van der Waals surface area contributed by atoms with Gasteiger partial charge in [-0.1, -0.05) is 30.3 Å². The number of aryl methyl sites for hydroxylation is 2. The SMILES string of the molecule is Cc1cc(C(=O)OCc2ccccc2)c(C)[nH]1. The number of carbonyl (C=O) groups excluding carboxylic acids is 1. The van der Waals surface area contributed by atoms with Crippen molar-refractivity contribution in [2.45, 2.75) is 20.5 Å². The van der Waals surface area contributed by atoms with Crippen LogP contribution in [0.2, 0.25) is 0 Å². The molecule has 1 aromatic heterocycles. The Morgan fingerprint density at radius 3 is 2.53 bits per heavy atom. The van der Waals surface area contributed by atoms with Crippen LogP contribution in [-0.2, 0) is 11.3 Å². The van der Waals surface area contributed by atoms with E-state index in [4.69, 9.17) is 4.74 Å². The third kappa shape index (κ3) is 2.75. The molecule has 1 aromatic carbocycles. The molecule has 0 aliphatic rings. The van der Waals surface area contributed by atoms with Gasteiger partial charge in [-0.05, 0) is 25.5 Å². The number of aromatic amines is 1. The van der Waals surface area contributed by atoms with Crippen molar-refractivity contribution in [3.05, 3.63) is 58.9 Å². The van der Waals surface area contributed by atoms with Crippen LogP contribution in [-0.4, -0.2) is 11.0 Å². The zero-order valence-electron chi connectivity index (χ0n) is 9.99. The van der Waals surface area contributed by atoms with Gasteiger partial charge in [0, 0.05) is 11.4 Å². The van der Waals surface area contributed by atoms with Crippen LogP contribution in [0.5, 0.6) is 0 Å². The highest BCUT2D eigenvalue weighted by atomic mass is 16.5. The fourth-order valence-electron chi connectivity index (χ4n) is 1.74. The third-order valence-electron chi connectivity index (χ3n) is 2.58. The minimum atomic E-state index is -0.282. The third-order valence-corrected chi connectivity index (χ3v) is 2.58. The Morgan fingerprint density at radius 1 is 1.24 bits per heavy atom. The van der Waals surface area contributed by atoms with E-state index < -0.39 is 0 Å². The first-order valence-corrected chi connectivity index (χ1v) is 5.54. The fraction of sp³-hybridized carbons (Fsp3) is 0.214. The van der Waals surface area contributed by atoms with Gasteiger partial charge in [0.2, 0.25) is 0 Å². The van der Waals surface area contributed by atoms with E-state index >= 15 is 0 Å². The Bertz CT molecular complexity index is 514. The fourth-order valence-corrected chi connectivity index (χ4v) is 1.74. The number of hydrogen-bond acceptors (Lipinski definition) is 2. The molecule has 0 fully saturated rings. The van der Waals surface area contributed by atoms with E-state index in [9.17, 15) is 4.79 Å². The maximum atomic E-state index is 11.8.